The zero-order valence-electron chi connectivity index (χ0n) is 18.7. The fourth-order valence-corrected chi connectivity index (χ4v) is 5.63. The number of thioether (sulfide) groups is 1. The van der Waals surface area contributed by atoms with Crippen molar-refractivity contribution in [2.75, 3.05) is 13.2 Å². The van der Waals surface area contributed by atoms with Gasteiger partial charge in [0.1, 0.15) is 0 Å². The number of fused-ring (bicyclic) bond motifs is 1. The highest BCUT2D eigenvalue weighted by atomic mass is 35.5. The Morgan fingerprint density at radius 1 is 1.25 bits per heavy atom. The van der Waals surface area contributed by atoms with Gasteiger partial charge in [-0.15, -0.1) is 0 Å². The van der Waals surface area contributed by atoms with E-state index in [1.54, 1.807) is 24.4 Å². The molecule has 36 heavy (non-hydrogen) atoms. The first kappa shape index (κ1) is 24.8. The number of amides is 1. The van der Waals surface area contributed by atoms with Crippen molar-refractivity contribution in [1.29, 1.82) is 0 Å². The molecular weight excluding hydrogens is 515 g/mol. The summed E-state index contributed by atoms with van der Waals surface area (Å²) < 4.78 is 41.9. The van der Waals surface area contributed by atoms with Crippen molar-refractivity contribution >= 4 is 51.4 Å². The van der Waals surface area contributed by atoms with Gasteiger partial charge >= 0.3 is 6.18 Å². The average molecular weight is 536 g/mol. The molecule has 3 N–H and O–H groups in total. The number of carbonyl (C=O) groups excluding carboxylic acids is 1. The minimum atomic E-state index is -4.54. The first-order chi connectivity index (χ1) is 17.1. The summed E-state index contributed by atoms with van der Waals surface area (Å²) in [6.07, 6.45) is -0.620. The van der Waals surface area contributed by atoms with Gasteiger partial charge < -0.3 is 15.7 Å². The van der Waals surface area contributed by atoms with E-state index in [0.29, 0.717) is 33.9 Å². The molecule has 1 aromatic heterocycles. The summed E-state index contributed by atoms with van der Waals surface area (Å²) in [7, 11) is 0. The number of amidine groups is 1. The summed E-state index contributed by atoms with van der Waals surface area (Å²) in [5.74, 6) is -0.370. The van der Waals surface area contributed by atoms with Crippen LogP contribution in [0.5, 0.6) is 0 Å². The number of hydrogen-bond acceptors (Lipinski definition) is 6. The molecule has 5 rings (SSSR count). The van der Waals surface area contributed by atoms with Gasteiger partial charge in [0.15, 0.2) is 5.17 Å². The van der Waals surface area contributed by atoms with Gasteiger partial charge in [0.2, 0.25) is 0 Å². The largest absolute Gasteiger partial charge is 0.416 e. The van der Waals surface area contributed by atoms with Crippen LogP contribution >= 0.6 is 23.4 Å². The van der Waals surface area contributed by atoms with E-state index in [1.807, 2.05) is 11.0 Å². The van der Waals surface area contributed by atoms with Crippen LogP contribution in [0.25, 0.3) is 17.0 Å². The van der Waals surface area contributed by atoms with Crippen molar-refractivity contribution in [3.05, 3.63) is 69.2 Å². The van der Waals surface area contributed by atoms with E-state index >= 15 is 0 Å². The second-order valence-corrected chi connectivity index (χ2v) is 10.2. The third-order valence-electron chi connectivity index (χ3n) is 6.17. The van der Waals surface area contributed by atoms with Crippen molar-refractivity contribution in [2.45, 2.75) is 31.2 Å². The predicted octanol–water partition coefficient (Wildman–Crippen LogP) is 4.12. The molecule has 2 atom stereocenters. The van der Waals surface area contributed by atoms with E-state index in [9.17, 15) is 23.1 Å². The van der Waals surface area contributed by atoms with Gasteiger partial charge in [-0.1, -0.05) is 23.7 Å². The summed E-state index contributed by atoms with van der Waals surface area (Å²) in [6, 6.07) is 8.77. The first-order valence-corrected chi connectivity index (χ1v) is 12.3. The average Bonchev–Trinajstić information content (AvgIpc) is 3.51. The molecule has 7 nitrogen and oxygen atoms in total. The molecule has 2 aliphatic heterocycles. The number of benzene rings is 2. The highest BCUT2D eigenvalue weighted by Crippen LogP contribution is 2.35. The Hall–Kier alpha value is -2.86. The van der Waals surface area contributed by atoms with Gasteiger partial charge in [-0.2, -0.15) is 23.3 Å². The molecule has 3 heterocycles. The molecule has 0 spiro atoms. The van der Waals surface area contributed by atoms with Gasteiger partial charge in [0.05, 0.1) is 41.4 Å². The quantitative estimate of drug-likeness (QED) is 0.488. The molecule has 12 heteroatoms. The van der Waals surface area contributed by atoms with Gasteiger partial charge in [-0.05, 0) is 59.7 Å². The molecule has 2 aromatic carbocycles. The Morgan fingerprint density at radius 2 is 2.06 bits per heavy atom. The van der Waals surface area contributed by atoms with Crippen LogP contribution in [0, 0.1) is 0 Å². The van der Waals surface area contributed by atoms with Crippen LogP contribution in [0.15, 0.2) is 52.5 Å². The van der Waals surface area contributed by atoms with Crippen LogP contribution in [0.3, 0.4) is 0 Å². The smallest absolute Gasteiger partial charge is 0.394 e. The molecule has 0 aliphatic carbocycles. The maximum atomic E-state index is 13.5. The number of aliphatic hydroxyl groups is 1. The molecule has 0 saturated carbocycles. The molecule has 188 valence electrons. The van der Waals surface area contributed by atoms with Crippen molar-refractivity contribution in [1.82, 2.24) is 14.7 Å². The molecule has 0 radical (unpaired) electrons. The maximum Gasteiger partial charge on any atom is 0.416 e. The number of carbonyl (C=O) groups is 1. The van der Waals surface area contributed by atoms with Gasteiger partial charge in [-0.3, -0.25) is 9.48 Å². The van der Waals surface area contributed by atoms with Crippen LogP contribution < -0.4 is 5.73 Å². The summed E-state index contributed by atoms with van der Waals surface area (Å²) in [5, 5.41) is 15.1. The number of rotatable bonds is 4. The highest BCUT2D eigenvalue weighted by molar-refractivity contribution is 8.18. The van der Waals surface area contributed by atoms with Gasteiger partial charge in [0, 0.05) is 23.0 Å². The van der Waals surface area contributed by atoms with Crippen LogP contribution in [-0.2, 0) is 17.5 Å². The summed E-state index contributed by atoms with van der Waals surface area (Å²) in [5.41, 5.74) is 6.65. The minimum absolute atomic E-state index is 0.0139. The number of likely N-dealkylation sites (tertiary alicyclic amines) is 1. The van der Waals surface area contributed by atoms with Gasteiger partial charge in [0.25, 0.3) is 5.91 Å². The molecule has 1 amide bonds. The minimum Gasteiger partial charge on any atom is -0.394 e. The Bertz CT molecular complexity index is 1400. The molecular formula is C24H21ClF3N5O2S. The Balaban J connectivity index is 1.37. The second kappa shape index (κ2) is 9.55. The van der Waals surface area contributed by atoms with E-state index in [-0.39, 0.29) is 41.7 Å². The van der Waals surface area contributed by atoms with E-state index in [0.717, 1.165) is 11.6 Å². The third kappa shape index (κ3) is 4.88. The topological polar surface area (TPSA) is 96.7 Å². The van der Waals surface area contributed by atoms with Crippen LogP contribution in [0.1, 0.15) is 23.1 Å². The molecule has 2 aliphatic rings. The Kier molecular flexibility index (Phi) is 6.58. The lowest BCUT2D eigenvalue weighted by Crippen LogP contribution is -2.36. The lowest BCUT2D eigenvalue weighted by molar-refractivity contribution is -0.138. The van der Waals surface area contributed by atoms with Crippen molar-refractivity contribution in [3.63, 3.8) is 0 Å². The fraction of sp³-hybridized carbons (Fsp3) is 0.292. The normalized spacial score (nSPS) is 21.7. The standard InChI is InChI=1S/C24H21ClF3N5O2S/c25-16-3-2-14(19(7-16)24(26,27)28)10-33-20-4-1-13(5-15(20)9-30-33)6-21-22(35)31-23(36-21)32-11-17(29)8-18(32)12-34/h1-7,9,17-18,34H,8,10-12,29H2/t17-,18-/m1/s1. The Morgan fingerprint density at radius 3 is 2.81 bits per heavy atom. The molecule has 0 bridgehead atoms. The molecule has 1 saturated heterocycles. The number of hydrogen-bond donors (Lipinski definition) is 2. The predicted molar refractivity (Wildman–Crippen MR) is 133 cm³/mol. The molecule has 0 unspecified atom stereocenters. The lowest BCUT2D eigenvalue weighted by atomic mass is 10.1. The van der Waals surface area contributed by atoms with Crippen LogP contribution in [0.4, 0.5) is 13.2 Å². The summed E-state index contributed by atoms with van der Waals surface area (Å²) in [4.78, 5) is 19.0. The monoisotopic (exact) mass is 535 g/mol. The number of aliphatic hydroxyl groups excluding tert-OH is 1. The maximum absolute atomic E-state index is 13.5. The lowest BCUT2D eigenvalue weighted by Gasteiger charge is -2.23. The molecule has 1 fully saturated rings. The number of nitrogens with two attached hydrogens (primary N) is 1. The number of nitrogens with zero attached hydrogens (tertiary/aromatic N) is 4. The highest BCUT2D eigenvalue weighted by Gasteiger charge is 2.36. The number of aromatic nitrogens is 2. The van der Waals surface area contributed by atoms with E-state index < -0.39 is 11.7 Å². The van der Waals surface area contributed by atoms with E-state index in [1.165, 1.54) is 28.6 Å². The van der Waals surface area contributed by atoms with Crippen molar-refractivity contribution in [3.8, 4) is 0 Å². The zero-order chi connectivity index (χ0) is 25.6. The fourth-order valence-electron chi connectivity index (χ4n) is 4.47. The summed E-state index contributed by atoms with van der Waals surface area (Å²) >= 11 is 7.02. The molecule has 3 aromatic rings. The van der Waals surface area contributed by atoms with E-state index in [4.69, 9.17) is 17.3 Å². The Labute approximate surface area is 213 Å². The van der Waals surface area contributed by atoms with Crippen molar-refractivity contribution < 1.29 is 23.1 Å². The van der Waals surface area contributed by atoms with Gasteiger partial charge in [-0.25, -0.2) is 0 Å². The number of aliphatic imine (C=N–C) groups is 1. The van der Waals surface area contributed by atoms with E-state index in [2.05, 4.69) is 10.1 Å². The van der Waals surface area contributed by atoms with Crippen LogP contribution in [-0.4, -0.2) is 56.1 Å². The number of halogens is 4. The third-order valence-corrected chi connectivity index (χ3v) is 7.43. The summed E-state index contributed by atoms with van der Waals surface area (Å²) in [6.45, 7) is 0.375. The zero-order valence-corrected chi connectivity index (χ0v) is 20.3. The van der Waals surface area contributed by atoms with Crippen LogP contribution in [0.2, 0.25) is 5.02 Å². The SMILES string of the molecule is N[C@@H]1C[C@H](CO)N(C2=NC(=O)C(=Cc3ccc4c(cnn4Cc4ccc(Cl)cc4C(F)(F)F)c3)S2)C1. The first-order valence-electron chi connectivity index (χ1n) is 11.1. The van der Waals surface area contributed by atoms with Crippen molar-refractivity contribution in [2.24, 2.45) is 10.7 Å². The second-order valence-electron chi connectivity index (χ2n) is 8.71. The number of alkyl halides is 3.